The fourth-order valence-electron chi connectivity index (χ4n) is 2.60. The third-order valence-electron chi connectivity index (χ3n) is 4.11. The number of rotatable bonds is 7. The standard InChI is InChI=1S/C22H21ClN2O2/c1-16-18(23)10-7-12-19(16)24-14-22(26)25-20-11-5-6-13-21(20)27-15-17-8-3-2-4-9-17/h2-13,24H,14-15H2,1H3,(H,25,26). The second-order valence-corrected chi connectivity index (χ2v) is 6.49. The fourth-order valence-corrected chi connectivity index (χ4v) is 2.77. The van der Waals surface area contributed by atoms with Crippen molar-refractivity contribution in [3.63, 3.8) is 0 Å². The molecule has 0 heterocycles. The molecular weight excluding hydrogens is 360 g/mol. The van der Waals surface area contributed by atoms with Gasteiger partial charge in [-0.05, 0) is 42.3 Å². The van der Waals surface area contributed by atoms with Gasteiger partial charge < -0.3 is 15.4 Å². The Morgan fingerprint density at radius 2 is 1.63 bits per heavy atom. The van der Waals surface area contributed by atoms with Crippen molar-refractivity contribution < 1.29 is 9.53 Å². The van der Waals surface area contributed by atoms with E-state index in [0.29, 0.717) is 23.1 Å². The van der Waals surface area contributed by atoms with Crippen LogP contribution in [-0.4, -0.2) is 12.5 Å². The number of carbonyl (C=O) groups excluding carboxylic acids is 1. The number of amides is 1. The van der Waals surface area contributed by atoms with Crippen molar-refractivity contribution in [1.29, 1.82) is 0 Å². The summed E-state index contributed by atoms with van der Waals surface area (Å²) in [5.41, 5.74) is 3.46. The molecule has 0 spiro atoms. The lowest BCUT2D eigenvalue weighted by atomic mass is 10.2. The summed E-state index contributed by atoms with van der Waals surface area (Å²) in [5.74, 6) is 0.471. The van der Waals surface area contributed by atoms with E-state index >= 15 is 0 Å². The lowest BCUT2D eigenvalue weighted by Gasteiger charge is -2.14. The highest BCUT2D eigenvalue weighted by Crippen LogP contribution is 2.25. The molecule has 0 aliphatic heterocycles. The van der Waals surface area contributed by atoms with Crippen LogP contribution in [0.3, 0.4) is 0 Å². The van der Waals surface area contributed by atoms with Gasteiger partial charge in [-0.2, -0.15) is 0 Å². The van der Waals surface area contributed by atoms with Crippen LogP contribution in [0.25, 0.3) is 0 Å². The molecule has 0 unspecified atom stereocenters. The lowest BCUT2D eigenvalue weighted by molar-refractivity contribution is -0.114. The Morgan fingerprint density at radius 1 is 0.926 bits per heavy atom. The molecule has 5 heteroatoms. The molecule has 3 rings (SSSR count). The highest BCUT2D eigenvalue weighted by molar-refractivity contribution is 6.31. The van der Waals surface area contributed by atoms with E-state index in [1.807, 2.05) is 79.7 Å². The first-order valence-electron chi connectivity index (χ1n) is 8.68. The van der Waals surface area contributed by atoms with Crippen LogP contribution in [0.1, 0.15) is 11.1 Å². The molecule has 138 valence electrons. The number of hydrogen-bond acceptors (Lipinski definition) is 3. The van der Waals surface area contributed by atoms with Crippen LogP contribution < -0.4 is 15.4 Å². The Morgan fingerprint density at radius 3 is 2.44 bits per heavy atom. The minimum Gasteiger partial charge on any atom is -0.487 e. The number of anilines is 2. The number of para-hydroxylation sites is 2. The van der Waals surface area contributed by atoms with Gasteiger partial charge in [0.1, 0.15) is 12.4 Å². The summed E-state index contributed by atoms with van der Waals surface area (Å²) < 4.78 is 5.87. The zero-order valence-corrected chi connectivity index (χ0v) is 15.8. The summed E-state index contributed by atoms with van der Waals surface area (Å²) in [4.78, 5) is 12.3. The normalized spacial score (nSPS) is 10.3. The van der Waals surface area contributed by atoms with Gasteiger partial charge in [0.25, 0.3) is 0 Å². The van der Waals surface area contributed by atoms with Gasteiger partial charge in [0.15, 0.2) is 0 Å². The summed E-state index contributed by atoms with van der Waals surface area (Å²) in [7, 11) is 0. The van der Waals surface area contributed by atoms with Crippen LogP contribution in [0.4, 0.5) is 11.4 Å². The Kier molecular flexibility index (Phi) is 6.34. The van der Waals surface area contributed by atoms with E-state index in [9.17, 15) is 4.79 Å². The largest absolute Gasteiger partial charge is 0.487 e. The number of nitrogens with one attached hydrogen (secondary N) is 2. The van der Waals surface area contributed by atoms with Gasteiger partial charge in [0.05, 0.1) is 12.2 Å². The van der Waals surface area contributed by atoms with Gasteiger partial charge >= 0.3 is 0 Å². The van der Waals surface area contributed by atoms with E-state index in [1.54, 1.807) is 0 Å². The highest BCUT2D eigenvalue weighted by atomic mass is 35.5. The number of halogens is 1. The van der Waals surface area contributed by atoms with Crippen molar-refractivity contribution in [2.75, 3.05) is 17.2 Å². The molecule has 0 atom stereocenters. The number of carbonyl (C=O) groups is 1. The minimum atomic E-state index is -0.162. The van der Waals surface area contributed by atoms with Crippen LogP contribution in [0.15, 0.2) is 72.8 Å². The molecule has 27 heavy (non-hydrogen) atoms. The van der Waals surface area contributed by atoms with Crippen molar-refractivity contribution in [3.8, 4) is 5.75 Å². The van der Waals surface area contributed by atoms with Crippen molar-refractivity contribution in [2.45, 2.75) is 13.5 Å². The van der Waals surface area contributed by atoms with Crippen LogP contribution >= 0.6 is 11.6 Å². The molecule has 0 aliphatic rings. The maximum atomic E-state index is 12.3. The highest BCUT2D eigenvalue weighted by Gasteiger charge is 2.09. The molecular formula is C22H21ClN2O2. The summed E-state index contributed by atoms with van der Waals surface area (Å²) in [6, 6.07) is 22.9. The molecule has 3 aromatic carbocycles. The van der Waals surface area contributed by atoms with Crippen molar-refractivity contribution >= 4 is 28.9 Å². The lowest BCUT2D eigenvalue weighted by Crippen LogP contribution is -2.22. The summed E-state index contributed by atoms with van der Waals surface area (Å²) >= 11 is 6.11. The van der Waals surface area contributed by atoms with Crippen LogP contribution in [-0.2, 0) is 11.4 Å². The molecule has 0 radical (unpaired) electrons. The Labute approximate surface area is 164 Å². The van der Waals surface area contributed by atoms with Gasteiger partial charge in [0, 0.05) is 10.7 Å². The molecule has 0 saturated carbocycles. The maximum absolute atomic E-state index is 12.3. The Hall–Kier alpha value is -2.98. The first-order chi connectivity index (χ1) is 13.1. The van der Waals surface area contributed by atoms with E-state index in [4.69, 9.17) is 16.3 Å². The maximum Gasteiger partial charge on any atom is 0.243 e. The number of benzene rings is 3. The number of hydrogen-bond donors (Lipinski definition) is 2. The molecule has 0 aliphatic carbocycles. The van der Waals surface area contributed by atoms with Crippen LogP contribution in [0.5, 0.6) is 5.75 Å². The SMILES string of the molecule is Cc1c(Cl)cccc1NCC(=O)Nc1ccccc1OCc1ccccc1. The van der Waals surface area contributed by atoms with E-state index < -0.39 is 0 Å². The third-order valence-corrected chi connectivity index (χ3v) is 4.51. The molecule has 2 N–H and O–H groups in total. The fraction of sp³-hybridized carbons (Fsp3) is 0.136. The average molecular weight is 381 g/mol. The molecule has 4 nitrogen and oxygen atoms in total. The molecule has 3 aromatic rings. The van der Waals surface area contributed by atoms with Gasteiger partial charge in [-0.15, -0.1) is 0 Å². The van der Waals surface area contributed by atoms with Gasteiger partial charge in [-0.3, -0.25) is 4.79 Å². The first kappa shape index (κ1) is 18.8. The average Bonchev–Trinajstić information content (AvgIpc) is 2.69. The summed E-state index contributed by atoms with van der Waals surface area (Å²) in [5, 5.41) is 6.67. The van der Waals surface area contributed by atoms with Crippen LogP contribution in [0, 0.1) is 6.92 Å². The number of ether oxygens (including phenoxy) is 1. The van der Waals surface area contributed by atoms with Gasteiger partial charge in [-0.1, -0.05) is 60.1 Å². The first-order valence-corrected chi connectivity index (χ1v) is 9.06. The minimum absolute atomic E-state index is 0.133. The molecule has 0 aromatic heterocycles. The van der Waals surface area contributed by atoms with Crippen molar-refractivity contribution in [2.24, 2.45) is 0 Å². The van der Waals surface area contributed by atoms with Crippen molar-refractivity contribution in [3.05, 3.63) is 88.9 Å². The third kappa shape index (κ3) is 5.25. The van der Waals surface area contributed by atoms with E-state index in [-0.39, 0.29) is 12.5 Å². The molecule has 0 bridgehead atoms. The molecule has 0 saturated heterocycles. The molecule has 1 amide bonds. The van der Waals surface area contributed by atoms with Gasteiger partial charge in [0.2, 0.25) is 5.91 Å². The second-order valence-electron chi connectivity index (χ2n) is 6.08. The van der Waals surface area contributed by atoms with E-state index in [1.165, 1.54) is 0 Å². The topological polar surface area (TPSA) is 50.4 Å². The summed E-state index contributed by atoms with van der Waals surface area (Å²) in [6.07, 6.45) is 0. The van der Waals surface area contributed by atoms with E-state index in [0.717, 1.165) is 16.8 Å². The predicted molar refractivity (Wildman–Crippen MR) is 111 cm³/mol. The quantitative estimate of drug-likeness (QED) is 0.586. The summed E-state index contributed by atoms with van der Waals surface area (Å²) in [6.45, 7) is 2.48. The van der Waals surface area contributed by atoms with Crippen LogP contribution in [0.2, 0.25) is 5.02 Å². The molecule has 0 fully saturated rings. The Balaban J connectivity index is 1.60. The monoisotopic (exact) mass is 380 g/mol. The zero-order chi connectivity index (χ0) is 19.1. The smallest absolute Gasteiger partial charge is 0.243 e. The Bertz CT molecular complexity index is 913. The van der Waals surface area contributed by atoms with Gasteiger partial charge in [-0.25, -0.2) is 0 Å². The second kappa shape index (κ2) is 9.10. The predicted octanol–water partition coefficient (Wildman–Crippen LogP) is 5.28. The van der Waals surface area contributed by atoms with E-state index in [2.05, 4.69) is 10.6 Å². The van der Waals surface area contributed by atoms with Crippen molar-refractivity contribution in [1.82, 2.24) is 0 Å². The zero-order valence-electron chi connectivity index (χ0n) is 15.0.